The van der Waals surface area contributed by atoms with Gasteiger partial charge in [-0.2, -0.15) is 4.37 Å². The molecule has 1 aromatic rings. The Balaban J connectivity index is 2.83. The fourth-order valence-corrected chi connectivity index (χ4v) is 2.03. The van der Waals surface area contributed by atoms with Crippen molar-refractivity contribution in [3.63, 3.8) is 0 Å². The van der Waals surface area contributed by atoms with Crippen LogP contribution in [0.3, 0.4) is 0 Å². The maximum absolute atomic E-state index is 12.0. The van der Waals surface area contributed by atoms with E-state index in [1.54, 1.807) is 6.92 Å². The van der Waals surface area contributed by atoms with Gasteiger partial charge >= 0.3 is 6.09 Å². The second-order valence-corrected chi connectivity index (χ2v) is 4.97. The van der Waals surface area contributed by atoms with Crippen LogP contribution in [0.4, 0.5) is 9.80 Å². The second kappa shape index (κ2) is 6.34. The average Bonchev–Trinajstić information content (AvgIpc) is 2.67. The molecule has 0 aromatic carbocycles. The van der Waals surface area contributed by atoms with Crippen LogP contribution in [-0.4, -0.2) is 30.0 Å². The van der Waals surface area contributed by atoms with Gasteiger partial charge in [0.1, 0.15) is 5.00 Å². The lowest BCUT2D eigenvalue weighted by Gasteiger charge is -2.08. The predicted octanol–water partition coefficient (Wildman–Crippen LogP) is 2.02. The minimum atomic E-state index is -0.614. The number of rotatable bonds is 4. The number of aromatic nitrogens is 1. The Morgan fingerprint density at radius 1 is 1.44 bits per heavy atom. The monoisotopic (exact) mass is 271 g/mol. The highest BCUT2D eigenvalue weighted by Crippen LogP contribution is 2.24. The highest BCUT2D eigenvalue weighted by atomic mass is 32.1. The molecule has 7 heteroatoms. The van der Waals surface area contributed by atoms with Crippen LogP contribution in [0.5, 0.6) is 0 Å². The third-order valence-corrected chi connectivity index (χ3v) is 3.02. The van der Waals surface area contributed by atoms with Crippen LogP contribution < -0.4 is 10.6 Å². The van der Waals surface area contributed by atoms with Gasteiger partial charge in [0.15, 0.2) is 0 Å². The topological polar surface area (TPSA) is 80.3 Å². The summed E-state index contributed by atoms with van der Waals surface area (Å²) in [4.78, 5) is 23.1. The highest BCUT2D eigenvalue weighted by Gasteiger charge is 2.20. The SMILES string of the molecule is COC(=O)Nc1snc(C)c1C(=O)NCC(C)C. The first-order chi connectivity index (χ1) is 8.45. The molecule has 0 saturated heterocycles. The summed E-state index contributed by atoms with van der Waals surface area (Å²) < 4.78 is 8.56. The lowest BCUT2D eigenvalue weighted by atomic mass is 10.2. The van der Waals surface area contributed by atoms with Crippen molar-refractivity contribution in [2.75, 3.05) is 19.0 Å². The second-order valence-electron chi connectivity index (χ2n) is 4.19. The van der Waals surface area contributed by atoms with Crippen molar-refractivity contribution in [2.45, 2.75) is 20.8 Å². The van der Waals surface area contributed by atoms with Crippen LogP contribution in [-0.2, 0) is 4.74 Å². The third-order valence-electron chi connectivity index (χ3n) is 2.16. The number of carbonyl (C=O) groups excluding carboxylic acids is 2. The largest absolute Gasteiger partial charge is 0.453 e. The van der Waals surface area contributed by atoms with Crippen LogP contribution in [0.25, 0.3) is 0 Å². The van der Waals surface area contributed by atoms with Crippen LogP contribution in [0, 0.1) is 12.8 Å². The van der Waals surface area contributed by atoms with Crippen LogP contribution >= 0.6 is 11.5 Å². The molecule has 0 atom stereocenters. The molecule has 0 unspecified atom stereocenters. The average molecular weight is 271 g/mol. The van der Waals surface area contributed by atoms with E-state index in [-0.39, 0.29) is 5.91 Å². The molecule has 0 spiro atoms. The van der Waals surface area contributed by atoms with E-state index in [1.165, 1.54) is 7.11 Å². The van der Waals surface area contributed by atoms with E-state index in [0.29, 0.717) is 28.7 Å². The molecule has 2 amide bonds. The van der Waals surface area contributed by atoms with E-state index in [1.807, 2.05) is 13.8 Å². The fraction of sp³-hybridized carbons (Fsp3) is 0.545. The number of amides is 2. The van der Waals surface area contributed by atoms with E-state index in [9.17, 15) is 9.59 Å². The Labute approximate surface area is 110 Å². The Bertz CT molecular complexity index is 443. The molecular formula is C11H17N3O3S. The van der Waals surface area contributed by atoms with Gasteiger partial charge in [-0.15, -0.1) is 0 Å². The molecule has 1 heterocycles. The van der Waals surface area contributed by atoms with Crippen LogP contribution in [0.15, 0.2) is 0 Å². The Morgan fingerprint density at radius 2 is 2.11 bits per heavy atom. The van der Waals surface area contributed by atoms with Crippen molar-refractivity contribution in [2.24, 2.45) is 5.92 Å². The number of carbonyl (C=O) groups is 2. The van der Waals surface area contributed by atoms with Crippen molar-refractivity contribution in [1.29, 1.82) is 0 Å². The molecule has 0 fully saturated rings. The van der Waals surface area contributed by atoms with Crippen molar-refractivity contribution in [1.82, 2.24) is 9.69 Å². The molecule has 1 rings (SSSR count). The van der Waals surface area contributed by atoms with Gasteiger partial charge in [-0.05, 0) is 24.4 Å². The van der Waals surface area contributed by atoms with Crippen LogP contribution in [0.2, 0.25) is 0 Å². The molecule has 1 aromatic heterocycles. The first kappa shape index (κ1) is 14.4. The van der Waals surface area contributed by atoms with Gasteiger partial charge in [-0.3, -0.25) is 10.1 Å². The van der Waals surface area contributed by atoms with Gasteiger partial charge in [-0.1, -0.05) is 13.8 Å². The standard InChI is InChI=1S/C11H17N3O3S/c1-6(2)5-12-9(15)8-7(3)14-18-10(8)13-11(16)17-4/h6H,5H2,1-4H3,(H,12,15)(H,13,16). The van der Waals surface area contributed by atoms with E-state index in [0.717, 1.165) is 11.5 Å². The van der Waals surface area contributed by atoms with Gasteiger partial charge < -0.3 is 10.1 Å². The lowest BCUT2D eigenvalue weighted by Crippen LogP contribution is -2.28. The number of nitrogens with one attached hydrogen (secondary N) is 2. The molecule has 0 aliphatic heterocycles. The zero-order chi connectivity index (χ0) is 13.7. The normalized spacial score (nSPS) is 10.3. The molecular weight excluding hydrogens is 254 g/mol. The summed E-state index contributed by atoms with van der Waals surface area (Å²) in [5.74, 6) is 0.124. The molecule has 100 valence electrons. The molecule has 0 aliphatic rings. The van der Waals surface area contributed by atoms with E-state index < -0.39 is 6.09 Å². The smallest absolute Gasteiger partial charge is 0.412 e. The number of methoxy groups -OCH3 is 1. The minimum absolute atomic E-state index is 0.235. The Morgan fingerprint density at radius 3 is 2.67 bits per heavy atom. The first-order valence-corrected chi connectivity index (χ1v) is 6.32. The molecule has 2 N–H and O–H groups in total. The number of aryl methyl sites for hydroxylation is 1. The van der Waals surface area contributed by atoms with E-state index in [4.69, 9.17) is 0 Å². The molecule has 0 saturated carbocycles. The van der Waals surface area contributed by atoms with Crippen molar-refractivity contribution >= 4 is 28.5 Å². The highest BCUT2D eigenvalue weighted by molar-refractivity contribution is 7.11. The Hall–Kier alpha value is -1.63. The number of hydrogen-bond donors (Lipinski definition) is 2. The quantitative estimate of drug-likeness (QED) is 0.878. The molecule has 0 bridgehead atoms. The summed E-state index contributed by atoms with van der Waals surface area (Å²) in [7, 11) is 1.27. The van der Waals surface area contributed by atoms with Gasteiger partial charge in [0, 0.05) is 6.54 Å². The Kier molecular flexibility index (Phi) is 5.08. The number of nitrogens with zero attached hydrogens (tertiary/aromatic N) is 1. The van der Waals surface area contributed by atoms with E-state index >= 15 is 0 Å². The molecule has 0 radical (unpaired) electrons. The van der Waals surface area contributed by atoms with Gasteiger partial charge in [0.2, 0.25) is 0 Å². The third kappa shape index (κ3) is 3.69. The summed E-state index contributed by atoms with van der Waals surface area (Å²) in [5, 5.41) is 5.68. The maximum Gasteiger partial charge on any atom is 0.412 e. The minimum Gasteiger partial charge on any atom is -0.453 e. The number of ether oxygens (including phenoxy) is 1. The van der Waals surface area contributed by atoms with Gasteiger partial charge in [0.25, 0.3) is 5.91 Å². The van der Waals surface area contributed by atoms with Crippen molar-refractivity contribution in [3.8, 4) is 0 Å². The maximum atomic E-state index is 12.0. The molecule has 18 heavy (non-hydrogen) atoms. The summed E-state index contributed by atoms with van der Waals surface area (Å²) in [6.07, 6.45) is -0.614. The predicted molar refractivity (Wildman–Crippen MR) is 70.0 cm³/mol. The number of hydrogen-bond acceptors (Lipinski definition) is 5. The summed E-state index contributed by atoms with van der Waals surface area (Å²) >= 11 is 1.06. The molecule has 0 aliphatic carbocycles. The zero-order valence-corrected chi connectivity index (χ0v) is 11.7. The fourth-order valence-electron chi connectivity index (χ4n) is 1.25. The summed E-state index contributed by atoms with van der Waals surface area (Å²) in [6.45, 7) is 6.31. The number of anilines is 1. The van der Waals surface area contributed by atoms with Crippen molar-refractivity contribution in [3.05, 3.63) is 11.3 Å². The van der Waals surface area contributed by atoms with Crippen LogP contribution in [0.1, 0.15) is 29.9 Å². The first-order valence-electron chi connectivity index (χ1n) is 5.55. The molecule has 6 nitrogen and oxygen atoms in total. The van der Waals surface area contributed by atoms with Gasteiger partial charge in [-0.25, -0.2) is 4.79 Å². The van der Waals surface area contributed by atoms with Crippen molar-refractivity contribution < 1.29 is 14.3 Å². The van der Waals surface area contributed by atoms with E-state index in [2.05, 4.69) is 19.7 Å². The summed E-state index contributed by atoms with van der Waals surface area (Å²) in [6, 6.07) is 0. The van der Waals surface area contributed by atoms with Gasteiger partial charge in [0.05, 0.1) is 18.4 Å². The zero-order valence-electron chi connectivity index (χ0n) is 10.9. The summed E-state index contributed by atoms with van der Waals surface area (Å²) in [5.41, 5.74) is 0.985. The lowest BCUT2D eigenvalue weighted by molar-refractivity contribution is 0.0949.